The van der Waals surface area contributed by atoms with E-state index in [2.05, 4.69) is 10.3 Å². The van der Waals surface area contributed by atoms with Crippen LogP contribution < -0.4 is 20.7 Å². The summed E-state index contributed by atoms with van der Waals surface area (Å²) >= 11 is 6.33. The van der Waals surface area contributed by atoms with E-state index >= 15 is 0 Å². The number of pyridine rings is 1. The lowest BCUT2D eigenvalue weighted by Crippen LogP contribution is -2.37. The number of hydrogen-bond acceptors (Lipinski definition) is 5. The van der Waals surface area contributed by atoms with Crippen LogP contribution in [-0.4, -0.2) is 36.6 Å². The van der Waals surface area contributed by atoms with Crippen LogP contribution >= 0.6 is 11.6 Å². The smallest absolute Gasteiger partial charge is 0.403 e. The largest absolute Gasteiger partial charge is 0.417 e. The fraction of sp³-hybridized carbons (Fsp3) is 0.306. The van der Waals surface area contributed by atoms with Crippen molar-refractivity contribution in [2.75, 3.05) is 11.9 Å². The van der Waals surface area contributed by atoms with E-state index in [1.807, 2.05) is 6.07 Å². The molecular weight excluding hydrogens is 665 g/mol. The number of nitrogens with zero attached hydrogens (tertiary/aromatic N) is 3. The van der Waals surface area contributed by atoms with Gasteiger partial charge in [0.1, 0.15) is 0 Å². The molecule has 0 radical (unpaired) electrons. The number of halogens is 6. The van der Waals surface area contributed by atoms with E-state index in [4.69, 9.17) is 17.3 Å². The average molecular weight is 703 g/mol. The SMILES string of the molecule is CC/C=C/C(=C\N(C)c1ccc(Cl)cc1-c1ccc(C2CCCC(C)C(=O)NC(=C/N)/C(=N/C(F)F)c3cccc2c3)[n+](O)c1)C(F)(F)F. The third-order valence-electron chi connectivity index (χ3n) is 8.21. The van der Waals surface area contributed by atoms with Crippen molar-refractivity contribution in [2.24, 2.45) is 16.6 Å². The van der Waals surface area contributed by atoms with Crippen LogP contribution in [0.4, 0.5) is 27.6 Å². The summed E-state index contributed by atoms with van der Waals surface area (Å²) in [5, 5.41) is 14.4. The minimum Gasteiger partial charge on any atom is -0.403 e. The predicted molar refractivity (Wildman–Crippen MR) is 180 cm³/mol. The lowest BCUT2D eigenvalue weighted by atomic mass is 9.86. The second kappa shape index (κ2) is 16.1. The van der Waals surface area contributed by atoms with Gasteiger partial charge in [-0.3, -0.25) is 10.0 Å². The number of amides is 1. The van der Waals surface area contributed by atoms with Crippen LogP contribution in [0.1, 0.15) is 62.3 Å². The maximum absolute atomic E-state index is 13.8. The number of nitrogens with one attached hydrogen (secondary N) is 1. The van der Waals surface area contributed by atoms with Crippen molar-refractivity contribution >= 4 is 28.9 Å². The summed E-state index contributed by atoms with van der Waals surface area (Å²) in [4.78, 5) is 17.7. The van der Waals surface area contributed by atoms with Crippen LogP contribution in [0.2, 0.25) is 5.02 Å². The van der Waals surface area contributed by atoms with Gasteiger partial charge in [-0.25, -0.2) is 4.99 Å². The number of hydrogen-bond donors (Lipinski definition) is 3. The number of aromatic nitrogens is 1. The molecule has 2 aromatic carbocycles. The highest BCUT2D eigenvalue weighted by Crippen LogP contribution is 2.36. The summed E-state index contributed by atoms with van der Waals surface area (Å²) < 4.78 is 69.5. The predicted octanol–water partition coefficient (Wildman–Crippen LogP) is 8.26. The first-order valence-electron chi connectivity index (χ1n) is 15.7. The van der Waals surface area contributed by atoms with Gasteiger partial charge in [-0.15, -0.1) is 0 Å². The van der Waals surface area contributed by atoms with Gasteiger partial charge >= 0.3 is 12.7 Å². The minimum absolute atomic E-state index is 0.0473. The number of aliphatic imine (C=N–C) groups is 1. The highest BCUT2D eigenvalue weighted by molar-refractivity contribution is 6.31. The molecule has 2 atom stereocenters. The molecule has 1 aliphatic rings. The van der Waals surface area contributed by atoms with E-state index in [1.165, 1.54) is 24.2 Å². The molecule has 49 heavy (non-hydrogen) atoms. The van der Waals surface area contributed by atoms with Gasteiger partial charge in [0.05, 0.1) is 28.5 Å². The fourth-order valence-corrected chi connectivity index (χ4v) is 5.87. The lowest BCUT2D eigenvalue weighted by Gasteiger charge is -2.22. The quantitative estimate of drug-likeness (QED) is 0.0760. The number of anilines is 1. The number of carbonyl (C=O) groups excluding carboxylic acids is 1. The monoisotopic (exact) mass is 702 g/mol. The molecule has 2 unspecified atom stereocenters. The summed E-state index contributed by atoms with van der Waals surface area (Å²) in [5.74, 6) is -1.32. The van der Waals surface area contributed by atoms with Crippen LogP contribution in [0.25, 0.3) is 11.1 Å². The summed E-state index contributed by atoms with van der Waals surface area (Å²) in [6, 6.07) is 14.9. The van der Waals surface area contributed by atoms with Gasteiger partial charge in [0.15, 0.2) is 0 Å². The summed E-state index contributed by atoms with van der Waals surface area (Å²) in [6.45, 7) is 0.393. The van der Waals surface area contributed by atoms with Gasteiger partial charge in [0.25, 0.3) is 0 Å². The summed E-state index contributed by atoms with van der Waals surface area (Å²) in [6.07, 6.45) is 3.31. The maximum Gasteiger partial charge on any atom is 0.417 e. The molecule has 4 rings (SSSR count). The number of rotatable bonds is 7. The lowest BCUT2D eigenvalue weighted by molar-refractivity contribution is -0.909. The van der Waals surface area contributed by atoms with Crippen molar-refractivity contribution in [1.82, 2.24) is 5.32 Å². The molecule has 0 fully saturated rings. The molecule has 2 heterocycles. The number of fused-ring (bicyclic) bond motifs is 2. The molecule has 0 saturated heterocycles. The molecule has 3 aromatic rings. The number of alkyl halides is 5. The second-order valence-electron chi connectivity index (χ2n) is 11.7. The summed E-state index contributed by atoms with van der Waals surface area (Å²) in [5.41, 5.74) is 7.48. The first-order valence-corrected chi connectivity index (χ1v) is 16.0. The molecule has 0 saturated carbocycles. The standard InChI is InChI=1S/C36H37ClF5N5O2/c1-4-5-11-26(36(40,41)42)21-46(3)31-16-14-27(37)18-29(31)25-13-15-32(47(49)20-25)28-12-6-8-22(2)34(48)44-30(19-43)33(45-35(38)39)24-10-7-9-23(28)17-24/h5,7,9-11,13-22,28,35H,4,6,8,12H2,1-3H3,(H3-,43,44,45,48,49)/p+1/b11-5+,26-21+. The maximum atomic E-state index is 13.8. The molecule has 0 aliphatic carbocycles. The molecule has 7 nitrogen and oxygen atoms in total. The van der Waals surface area contributed by atoms with Crippen molar-refractivity contribution in [2.45, 2.75) is 58.2 Å². The highest BCUT2D eigenvalue weighted by atomic mass is 35.5. The zero-order chi connectivity index (χ0) is 35.9. The molecular formula is C36H38ClF5N5O2+. The second-order valence-corrected chi connectivity index (χ2v) is 12.1. The molecule has 0 spiro atoms. The number of allylic oxidation sites excluding steroid dienone is 4. The van der Waals surface area contributed by atoms with Gasteiger partial charge in [-0.2, -0.15) is 22.0 Å². The van der Waals surface area contributed by atoms with Gasteiger partial charge in [-0.05, 0) is 55.2 Å². The Labute approximate surface area is 286 Å². The molecule has 13 heteroatoms. The van der Waals surface area contributed by atoms with Gasteiger partial charge in [-0.1, -0.05) is 62.2 Å². The fourth-order valence-electron chi connectivity index (χ4n) is 5.70. The van der Waals surface area contributed by atoms with E-state index in [-0.39, 0.29) is 11.4 Å². The highest BCUT2D eigenvalue weighted by Gasteiger charge is 2.33. The first-order chi connectivity index (χ1) is 23.2. The van der Waals surface area contributed by atoms with E-state index in [0.717, 1.165) is 23.2 Å². The van der Waals surface area contributed by atoms with E-state index < -0.39 is 36.0 Å². The average Bonchev–Trinajstić information content (AvgIpc) is 3.05. The van der Waals surface area contributed by atoms with Crippen LogP contribution in [-0.2, 0) is 4.79 Å². The Kier molecular flexibility index (Phi) is 12.2. The first kappa shape index (κ1) is 37.1. The van der Waals surface area contributed by atoms with Crippen molar-refractivity contribution in [3.8, 4) is 11.1 Å². The Morgan fingerprint density at radius 2 is 1.92 bits per heavy atom. The Bertz CT molecular complexity index is 1790. The summed E-state index contributed by atoms with van der Waals surface area (Å²) in [7, 11) is 1.50. The number of carbonyl (C=O) groups is 1. The van der Waals surface area contributed by atoms with E-state index in [0.29, 0.717) is 64.3 Å². The molecule has 2 bridgehead atoms. The molecule has 1 aromatic heterocycles. The van der Waals surface area contributed by atoms with Gasteiger partial charge in [0.2, 0.25) is 17.8 Å². The van der Waals surface area contributed by atoms with E-state index in [1.54, 1.807) is 62.4 Å². The van der Waals surface area contributed by atoms with Crippen LogP contribution in [0.3, 0.4) is 0 Å². The van der Waals surface area contributed by atoms with Crippen molar-refractivity contribution in [3.63, 3.8) is 0 Å². The van der Waals surface area contributed by atoms with Crippen molar-refractivity contribution < 1.29 is 36.7 Å². The van der Waals surface area contributed by atoms with Crippen molar-refractivity contribution in [1.29, 1.82) is 0 Å². The Morgan fingerprint density at radius 1 is 1.16 bits per heavy atom. The van der Waals surface area contributed by atoms with Crippen LogP contribution in [0.15, 0.2) is 102 Å². The Balaban J connectivity index is 1.81. The molecule has 1 aliphatic heterocycles. The normalized spacial score (nSPS) is 19.6. The number of nitrogens with two attached hydrogens (primary N) is 1. The number of benzene rings is 2. The molecule has 260 valence electrons. The zero-order valence-corrected chi connectivity index (χ0v) is 27.9. The van der Waals surface area contributed by atoms with Crippen molar-refractivity contribution in [3.05, 3.63) is 118 Å². The zero-order valence-electron chi connectivity index (χ0n) is 27.2. The Hall–Kier alpha value is -4.71. The third kappa shape index (κ3) is 9.26. The van der Waals surface area contributed by atoms with Crippen LogP contribution in [0, 0.1) is 5.92 Å². The molecule has 1 amide bonds. The van der Waals surface area contributed by atoms with E-state index in [9.17, 15) is 32.0 Å². The Morgan fingerprint density at radius 3 is 2.57 bits per heavy atom. The van der Waals surface area contributed by atoms with Gasteiger partial charge in [0, 0.05) is 58.0 Å². The van der Waals surface area contributed by atoms with Crippen LogP contribution in [0.5, 0.6) is 0 Å². The van der Waals surface area contributed by atoms with Gasteiger partial charge < -0.3 is 16.0 Å². The topological polar surface area (TPSA) is 94.8 Å². The third-order valence-corrected chi connectivity index (χ3v) is 8.44. The molecule has 4 N–H and O–H groups in total. The minimum atomic E-state index is -4.58.